The zero-order valence-corrected chi connectivity index (χ0v) is 10.6. The Bertz CT molecular complexity index is 645. The summed E-state index contributed by atoms with van der Waals surface area (Å²) in [5, 5.41) is 11.2. The van der Waals surface area contributed by atoms with Crippen molar-refractivity contribution in [3.05, 3.63) is 23.5 Å². The average Bonchev–Trinajstić information content (AvgIpc) is 3.01. The number of hydrogen-bond donors (Lipinski definition) is 1. The molecule has 0 saturated carbocycles. The fourth-order valence-corrected chi connectivity index (χ4v) is 2.23. The van der Waals surface area contributed by atoms with Gasteiger partial charge >= 0.3 is 0 Å². The minimum Gasteiger partial charge on any atom is -0.368 e. The molecule has 0 aliphatic carbocycles. The molecule has 0 aromatic carbocycles. The van der Waals surface area contributed by atoms with Gasteiger partial charge in [-0.3, -0.25) is 0 Å². The maximum Gasteiger partial charge on any atom is 0.183 e. The Morgan fingerprint density at radius 1 is 1.39 bits per heavy atom. The van der Waals surface area contributed by atoms with Crippen LogP contribution in [0.2, 0.25) is 0 Å². The number of aromatic nitrogens is 6. The standard InChI is InChI=1S/C10H11N7S/c1-17-10-8(15-16-17)9(12-6-13-10)11-4-2-7-3-5-14-18-7/h3,5-6H,2,4H2,1H3,(H,11,12,13). The highest BCUT2D eigenvalue weighted by atomic mass is 32.1. The predicted molar refractivity (Wildman–Crippen MR) is 68.4 cm³/mol. The van der Waals surface area contributed by atoms with Crippen LogP contribution in [0.1, 0.15) is 4.88 Å². The normalized spacial score (nSPS) is 10.9. The molecule has 0 bridgehead atoms. The Labute approximate surface area is 107 Å². The van der Waals surface area contributed by atoms with Crippen LogP contribution in [0.4, 0.5) is 5.82 Å². The smallest absolute Gasteiger partial charge is 0.183 e. The van der Waals surface area contributed by atoms with Gasteiger partial charge in [-0.15, -0.1) is 5.10 Å². The molecular formula is C10H11N7S. The molecule has 3 heterocycles. The van der Waals surface area contributed by atoms with E-state index in [4.69, 9.17) is 0 Å². The minimum absolute atomic E-state index is 0.698. The van der Waals surface area contributed by atoms with Crippen molar-refractivity contribution < 1.29 is 0 Å². The van der Waals surface area contributed by atoms with Crippen LogP contribution < -0.4 is 5.32 Å². The van der Waals surface area contributed by atoms with Gasteiger partial charge in [0.05, 0.1) is 0 Å². The van der Waals surface area contributed by atoms with Gasteiger partial charge in [0.15, 0.2) is 17.0 Å². The Morgan fingerprint density at radius 2 is 2.33 bits per heavy atom. The average molecular weight is 261 g/mol. The van der Waals surface area contributed by atoms with Crippen molar-refractivity contribution >= 4 is 28.5 Å². The van der Waals surface area contributed by atoms with E-state index in [-0.39, 0.29) is 0 Å². The number of fused-ring (bicyclic) bond motifs is 1. The number of anilines is 1. The van der Waals surface area contributed by atoms with Crippen molar-refractivity contribution in [1.29, 1.82) is 0 Å². The molecule has 0 aliphatic rings. The molecule has 3 aromatic rings. The van der Waals surface area contributed by atoms with E-state index in [9.17, 15) is 0 Å². The fraction of sp³-hybridized carbons (Fsp3) is 0.300. The maximum absolute atomic E-state index is 4.19. The Balaban J connectivity index is 1.74. The van der Waals surface area contributed by atoms with E-state index in [0.29, 0.717) is 5.52 Å². The fourth-order valence-electron chi connectivity index (χ4n) is 1.66. The molecule has 0 atom stereocenters. The molecule has 3 rings (SSSR count). The number of hydrogen-bond acceptors (Lipinski definition) is 7. The van der Waals surface area contributed by atoms with Gasteiger partial charge in [-0.2, -0.15) is 0 Å². The molecule has 92 valence electrons. The summed E-state index contributed by atoms with van der Waals surface area (Å²) in [5.74, 6) is 0.720. The lowest BCUT2D eigenvalue weighted by molar-refractivity contribution is 0.729. The molecule has 0 spiro atoms. The molecule has 0 fully saturated rings. The monoisotopic (exact) mass is 261 g/mol. The Kier molecular flexibility index (Phi) is 2.85. The first-order valence-corrected chi connectivity index (χ1v) is 6.26. The summed E-state index contributed by atoms with van der Waals surface area (Å²) in [6.45, 7) is 0.783. The lowest BCUT2D eigenvalue weighted by Crippen LogP contribution is -2.06. The highest BCUT2D eigenvalue weighted by Gasteiger charge is 2.08. The van der Waals surface area contributed by atoms with Gasteiger partial charge in [-0.05, 0) is 17.6 Å². The topological polar surface area (TPSA) is 81.4 Å². The summed E-state index contributed by atoms with van der Waals surface area (Å²) < 4.78 is 5.69. The first-order chi connectivity index (χ1) is 8.84. The Morgan fingerprint density at radius 3 is 3.17 bits per heavy atom. The lowest BCUT2D eigenvalue weighted by Gasteiger charge is -2.03. The van der Waals surface area contributed by atoms with E-state index in [1.54, 1.807) is 4.68 Å². The third kappa shape index (κ3) is 2.02. The molecule has 18 heavy (non-hydrogen) atoms. The van der Waals surface area contributed by atoms with Crippen LogP contribution in [-0.4, -0.2) is 35.9 Å². The van der Waals surface area contributed by atoms with Crippen molar-refractivity contribution in [2.75, 3.05) is 11.9 Å². The van der Waals surface area contributed by atoms with E-state index in [1.165, 1.54) is 22.7 Å². The van der Waals surface area contributed by atoms with E-state index in [1.807, 2.05) is 19.3 Å². The Hall–Kier alpha value is -2.09. The maximum atomic E-state index is 4.19. The highest BCUT2D eigenvalue weighted by Crippen LogP contribution is 2.15. The minimum atomic E-state index is 0.698. The van der Waals surface area contributed by atoms with Crippen molar-refractivity contribution in [3.8, 4) is 0 Å². The molecule has 0 unspecified atom stereocenters. The summed E-state index contributed by atoms with van der Waals surface area (Å²) >= 11 is 1.51. The molecular weight excluding hydrogens is 250 g/mol. The van der Waals surface area contributed by atoms with Crippen molar-refractivity contribution in [2.45, 2.75) is 6.42 Å². The molecule has 8 heteroatoms. The van der Waals surface area contributed by atoms with E-state index < -0.39 is 0 Å². The summed E-state index contributed by atoms with van der Waals surface area (Å²) in [4.78, 5) is 9.57. The first-order valence-electron chi connectivity index (χ1n) is 5.48. The SMILES string of the molecule is Cn1nnc2c(NCCc3ccns3)ncnc21. The van der Waals surface area contributed by atoms with Crippen LogP contribution in [0.25, 0.3) is 11.2 Å². The molecule has 1 N–H and O–H groups in total. The number of rotatable bonds is 4. The molecule has 7 nitrogen and oxygen atoms in total. The van der Waals surface area contributed by atoms with Crippen LogP contribution in [0.15, 0.2) is 18.6 Å². The zero-order valence-electron chi connectivity index (χ0n) is 9.74. The van der Waals surface area contributed by atoms with Crippen LogP contribution in [0.3, 0.4) is 0 Å². The number of aryl methyl sites for hydroxylation is 1. The predicted octanol–water partition coefficient (Wildman–Crippen LogP) is 0.869. The van der Waals surface area contributed by atoms with Gasteiger partial charge in [0.25, 0.3) is 0 Å². The van der Waals surface area contributed by atoms with Crippen LogP contribution in [0, 0.1) is 0 Å². The number of nitrogens with one attached hydrogen (secondary N) is 1. The van der Waals surface area contributed by atoms with Gasteiger partial charge < -0.3 is 5.32 Å². The largest absolute Gasteiger partial charge is 0.368 e. The van der Waals surface area contributed by atoms with Gasteiger partial charge in [-0.25, -0.2) is 19.0 Å². The van der Waals surface area contributed by atoms with E-state index in [2.05, 4.69) is 30.0 Å². The zero-order chi connectivity index (χ0) is 12.4. The summed E-state index contributed by atoms with van der Waals surface area (Å²) in [7, 11) is 1.81. The summed E-state index contributed by atoms with van der Waals surface area (Å²) in [6.07, 6.45) is 4.24. The van der Waals surface area contributed by atoms with Gasteiger partial charge in [0, 0.05) is 31.1 Å². The molecule has 0 aliphatic heterocycles. The van der Waals surface area contributed by atoms with Crippen molar-refractivity contribution in [1.82, 2.24) is 29.3 Å². The van der Waals surface area contributed by atoms with Crippen LogP contribution in [0.5, 0.6) is 0 Å². The van der Waals surface area contributed by atoms with Crippen LogP contribution in [-0.2, 0) is 13.5 Å². The van der Waals surface area contributed by atoms with E-state index in [0.717, 1.165) is 24.4 Å². The highest BCUT2D eigenvalue weighted by molar-refractivity contribution is 7.05. The lowest BCUT2D eigenvalue weighted by atomic mass is 10.3. The molecule has 0 radical (unpaired) electrons. The van der Waals surface area contributed by atoms with E-state index >= 15 is 0 Å². The third-order valence-electron chi connectivity index (χ3n) is 2.54. The van der Waals surface area contributed by atoms with Crippen molar-refractivity contribution in [3.63, 3.8) is 0 Å². The van der Waals surface area contributed by atoms with Crippen molar-refractivity contribution in [2.24, 2.45) is 7.05 Å². The second-order valence-corrected chi connectivity index (χ2v) is 4.68. The molecule has 0 amide bonds. The third-order valence-corrected chi connectivity index (χ3v) is 3.35. The quantitative estimate of drug-likeness (QED) is 0.750. The summed E-state index contributed by atoms with van der Waals surface area (Å²) in [5.41, 5.74) is 1.43. The molecule has 0 saturated heterocycles. The van der Waals surface area contributed by atoms with Gasteiger partial charge in [-0.1, -0.05) is 5.21 Å². The first kappa shape index (κ1) is 11.0. The second-order valence-electron chi connectivity index (χ2n) is 3.76. The second kappa shape index (κ2) is 4.65. The van der Waals surface area contributed by atoms with Gasteiger partial charge in [0.2, 0.25) is 0 Å². The molecule has 3 aromatic heterocycles. The van der Waals surface area contributed by atoms with Gasteiger partial charge in [0.1, 0.15) is 6.33 Å². The summed E-state index contributed by atoms with van der Waals surface area (Å²) in [6, 6.07) is 2.02. The number of nitrogens with zero attached hydrogens (tertiary/aromatic N) is 6. The van der Waals surface area contributed by atoms with Crippen LogP contribution >= 0.6 is 11.5 Å².